The summed E-state index contributed by atoms with van der Waals surface area (Å²) in [5.41, 5.74) is 0. The average molecular weight is 609 g/mol. The maximum atomic E-state index is 12.5. The zero-order chi connectivity index (χ0) is 30.8. The van der Waals surface area contributed by atoms with E-state index in [4.69, 9.17) is 18.5 Å². The Morgan fingerprint density at radius 1 is 0.659 bits per heavy atom. The second-order valence-corrected chi connectivity index (χ2v) is 13.7. The van der Waals surface area contributed by atoms with E-state index in [0.29, 0.717) is 17.4 Å². The van der Waals surface area contributed by atoms with Crippen LogP contribution in [0.2, 0.25) is 0 Å². The fraction of sp³-hybridized carbons (Fsp3) is 0.935. The van der Waals surface area contributed by atoms with Crippen LogP contribution < -0.4 is 0 Å². The van der Waals surface area contributed by atoms with Gasteiger partial charge in [0.1, 0.15) is 19.8 Å². The number of ether oxygens (including phenoxy) is 2. The summed E-state index contributed by atoms with van der Waals surface area (Å²) in [7, 11) is 1.48. The number of nitrogens with zero attached hydrogens (tertiary/aromatic N) is 1. The number of likely N-dealkylation sites (N-methyl/N-ethyl adjacent to an activating group) is 1. The monoisotopic (exact) mass is 608 g/mol. The molecule has 0 heterocycles. The zero-order valence-corrected chi connectivity index (χ0v) is 27.9. The Kier molecular flexibility index (Phi) is 24.9. The minimum atomic E-state index is -4.34. The minimum absolute atomic E-state index is 0.0352. The van der Waals surface area contributed by atoms with E-state index >= 15 is 0 Å². The lowest BCUT2D eigenvalue weighted by Crippen LogP contribution is -2.37. The van der Waals surface area contributed by atoms with E-state index in [-0.39, 0.29) is 32.0 Å². The fourth-order valence-electron chi connectivity index (χ4n) is 4.25. The molecule has 0 amide bonds. The van der Waals surface area contributed by atoms with Gasteiger partial charge in [-0.05, 0) is 12.8 Å². The van der Waals surface area contributed by atoms with Crippen LogP contribution in [-0.4, -0.2) is 74.9 Å². The van der Waals surface area contributed by atoms with Crippen LogP contribution in [0, 0.1) is 0 Å². The summed E-state index contributed by atoms with van der Waals surface area (Å²) in [5.74, 6) is -0.815. The molecular weight excluding hydrogens is 545 g/mol. The quantitative estimate of drug-likeness (QED) is 0.0398. The summed E-state index contributed by atoms with van der Waals surface area (Å²) in [4.78, 5) is 34.6. The Labute approximate surface area is 251 Å². The summed E-state index contributed by atoms with van der Waals surface area (Å²) >= 11 is 0. The lowest BCUT2D eigenvalue weighted by atomic mass is 10.0. The molecule has 0 aliphatic heterocycles. The van der Waals surface area contributed by atoms with Gasteiger partial charge >= 0.3 is 19.8 Å². The number of carbonyl (C=O) groups excluding carboxylic acids is 2. The molecule has 10 heteroatoms. The number of esters is 2. The van der Waals surface area contributed by atoms with E-state index in [1.807, 2.05) is 21.1 Å². The van der Waals surface area contributed by atoms with E-state index in [0.717, 1.165) is 38.5 Å². The zero-order valence-electron chi connectivity index (χ0n) is 27.0. The minimum Gasteiger partial charge on any atom is -0.462 e. The predicted molar refractivity (Wildman–Crippen MR) is 165 cm³/mol. The lowest BCUT2D eigenvalue weighted by Gasteiger charge is -2.24. The maximum Gasteiger partial charge on any atom is 0.472 e. The Bertz CT molecular complexity index is 698. The molecule has 0 aromatic heterocycles. The van der Waals surface area contributed by atoms with E-state index in [9.17, 15) is 19.0 Å². The molecule has 9 nitrogen and oxygen atoms in total. The smallest absolute Gasteiger partial charge is 0.462 e. The first kappa shape index (κ1) is 40.0. The molecule has 0 aromatic rings. The van der Waals surface area contributed by atoms with Gasteiger partial charge in [0.2, 0.25) is 0 Å². The Balaban J connectivity index is 4.38. The summed E-state index contributed by atoms with van der Waals surface area (Å²) in [6.45, 7) is 4.27. The van der Waals surface area contributed by atoms with Crippen molar-refractivity contribution in [1.29, 1.82) is 0 Å². The molecule has 0 saturated heterocycles. The van der Waals surface area contributed by atoms with E-state index in [2.05, 4.69) is 13.8 Å². The largest absolute Gasteiger partial charge is 0.472 e. The van der Waals surface area contributed by atoms with Gasteiger partial charge in [-0.2, -0.15) is 0 Å². The van der Waals surface area contributed by atoms with Crippen LogP contribution in [0.4, 0.5) is 0 Å². The van der Waals surface area contributed by atoms with Gasteiger partial charge in [-0.15, -0.1) is 0 Å². The molecule has 0 fully saturated rings. The highest BCUT2D eigenvalue weighted by atomic mass is 31.2. The molecule has 0 bridgehead atoms. The number of rotatable bonds is 29. The van der Waals surface area contributed by atoms with Crippen molar-refractivity contribution in [2.24, 2.45) is 0 Å². The maximum absolute atomic E-state index is 12.5. The Morgan fingerprint density at radius 2 is 1.10 bits per heavy atom. The molecule has 1 unspecified atom stereocenters. The summed E-state index contributed by atoms with van der Waals surface area (Å²) < 4.78 is 33.7. The van der Waals surface area contributed by atoms with Gasteiger partial charge in [0.05, 0.1) is 27.7 Å². The van der Waals surface area contributed by atoms with Crippen LogP contribution in [0.5, 0.6) is 0 Å². The second-order valence-electron chi connectivity index (χ2n) is 12.2. The van der Waals surface area contributed by atoms with Gasteiger partial charge in [0, 0.05) is 12.8 Å². The number of hydrogen-bond donors (Lipinski definition) is 1. The van der Waals surface area contributed by atoms with Gasteiger partial charge in [-0.1, -0.05) is 110 Å². The summed E-state index contributed by atoms with van der Waals surface area (Å²) in [6.07, 6.45) is 19.2. The van der Waals surface area contributed by atoms with Gasteiger partial charge in [0.15, 0.2) is 6.10 Å². The van der Waals surface area contributed by atoms with Crippen molar-refractivity contribution in [2.75, 3.05) is 47.5 Å². The summed E-state index contributed by atoms with van der Waals surface area (Å²) in [6, 6.07) is 0. The van der Waals surface area contributed by atoms with Crippen LogP contribution >= 0.6 is 7.82 Å². The number of phosphoric ester groups is 1. The third kappa shape index (κ3) is 28.9. The van der Waals surface area contributed by atoms with Gasteiger partial charge < -0.3 is 18.9 Å². The highest BCUT2D eigenvalue weighted by Crippen LogP contribution is 2.43. The SMILES string of the molecule is CCCCCCCCCCCCCCCC(=O)O[C@H](COC(=O)CCCCCC)COP(=O)(O)OCC[N+](C)(C)C. The number of phosphoric acid groups is 1. The molecule has 1 N–H and O–H groups in total. The molecular formula is C31H63NO8P+. The van der Waals surface area contributed by atoms with Crippen LogP contribution in [0.15, 0.2) is 0 Å². The molecule has 0 aromatic carbocycles. The van der Waals surface area contributed by atoms with Crippen molar-refractivity contribution >= 4 is 19.8 Å². The Hall–Kier alpha value is -0.990. The molecule has 244 valence electrons. The van der Waals surface area contributed by atoms with E-state index < -0.39 is 26.5 Å². The number of quaternary nitrogens is 1. The normalized spacial score (nSPS) is 14.0. The molecule has 0 aliphatic carbocycles. The van der Waals surface area contributed by atoms with Gasteiger partial charge in [0.25, 0.3) is 0 Å². The standard InChI is InChI=1S/C31H62NO8P/c1-6-8-10-12-13-14-15-16-17-18-19-20-22-24-31(34)40-29(27-37-30(33)23-21-11-9-7-2)28-39-41(35,36)38-26-25-32(3,4)5/h29H,6-28H2,1-5H3/p+1/t29-/m1/s1. The number of hydrogen-bond acceptors (Lipinski definition) is 7. The third-order valence-electron chi connectivity index (χ3n) is 6.89. The van der Waals surface area contributed by atoms with Crippen LogP contribution in [-0.2, 0) is 32.7 Å². The molecule has 0 aliphatic rings. The van der Waals surface area contributed by atoms with Crippen LogP contribution in [0.1, 0.15) is 136 Å². The van der Waals surface area contributed by atoms with Gasteiger partial charge in [-0.25, -0.2) is 4.57 Å². The molecule has 0 radical (unpaired) electrons. The van der Waals surface area contributed by atoms with Crippen molar-refractivity contribution in [2.45, 2.75) is 142 Å². The first-order valence-corrected chi connectivity index (χ1v) is 17.8. The predicted octanol–water partition coefficient (Wildman–Crippen LogP) is 7.73. The fourth-order valence-corrected chi connectivity index (χ4v) is 4.99. The van der Waals surface area contributed by atoms with Crippen molar-refractivity contribution in [3.63, 3.8) is 0 Å². The van der Waals surface area contributed by atoms with E-state index in [1.165, 1.54) is 64.2 Å². The lowest BCUT2D eigenvalue weighted by molar-refractivity contribution is -0.870. The first-order valence-electron chi connectivity index (χ1n) is 16.3. The topological polar surface area (TPSA) is 108 Å². The van der Waals surface area contributed by atoms with Crippen molar-refractivity contribution in [3.05, 3.63) is 0 Å². The molecule has 0 saturated carbocycles. The van der Waals surface area contributed by atoms with Crippen LogP contribution in [0.25, 0.3) is 0 Å². The van der Waals surface area contributed by atoms with E-state index in [1.54, 1.807) is 0 Å². The number of unbranched alkanes of at least 4 members (excludes halogenated alkanes) is 15. The number of carbonyl (C=O) groups is 2. The van der Waals surface area contributed by atoms with Crippen molar-refractivity contribution in [3.8, 4) is 0 Å². The van der Waals surface area contributed by atoms with Crippen molar-refractivity contribution < 1.29 is 42.1 Å². The highest BCUT2D eigenvalue weighted by Gasteiger charge is 2.27. The second kappa shape index (κ2) is 25.5. The molecule has 2 atom stereocenters. The summed E-state index contributed by atoms with van der Waals surface area (Å²) in [5, 5.41) is 0. The molecule has 0 rings (SSSR count). The first-order chi connectivity index (χ1) is 19.5. The average Bonchev–Trinajstić information content (AvgIpc) is 2.90. The van der Waals surface area contributed by atoms with Crippen molar-refractivity contribution in [1.82, 2.24) is 0 Å². The molecule has 41 heavy (non-hydrogen) atoms. The van der Waals surface area contributed by atoms with Gasteiger partial charge in [-0.3, -0.25) is 18.6 Å². The van der Waals surface area contributed by atoms with Crippen LogP contribution in [0.3, 0.4) is 0 Å². The molecule has 0 spiro atoms. The highest BCUT2D eigenvalue weighted by molar-refractivity contribution is 7.47. The Morgan fingerprint density at radius 3 is 1.59 bits per heavy atom. The third-order valence-corrected chi connectivity index (χ3v) is 7.87.